The zero-order chi connectivity index (χ0) is 25.1. The second-order valence-electron chi connectivity index (χ2n) is 8.32. The molecule has 0 bridgehead atoms. The fourth-order valence-corrected chi connectivity index (χ4v) is 5.10. The molecule has 0 amide bonds. The Bertz CT molecular complexity index is 1500. The molecule has 2 aromatic heterocycles. The van der Waals surface area contributed by atoms with Crippen molar-refractivity contribution < 1.29 is 14.2 Å². The van der Waals surface area contributed by atoms with Gasteiger partial charge in [0.2, 0.25) is 0 Å². The normalized spacial score (nSPS) is 11.8. The first-order valence-electron chi connectivity index (χ1n) is 11.6. The zero-order valence-electron chi connectivity index (χ0n) is 20.6. The number of methoxy groups -OCH3 is 2. The van der Waals surface area contributed by atoms with Gasteiger partial charge < -0.3 is 19.5 Å². The van der Waals surface area contributed by atoms with Crippen LogP contribution in [-0.4, -0.2) is 24.2 Å². The molecule has 0 saturated carbocycles. The number of thiophene rings is 1. The van der Waals surface area contributed by atoms with Gasteiger partial charge in [-0.05, 0) is 56.3 Å². The van der Waals surface area contributed by atoms with E-state index in [2.05, 4.69) is 40.4 Å². The maximum Gasteiger partial charge on any atom is 0.162 e. The summed E-state index contributed by atoms with van der Waals surface area (Å²) in [6.45, 7) is 4.02. The standard InChI is InChI=1S/C29H27N3O3S/c1-18(30-29-22-16-25(33-3)26(34-4)17-23(22)31-19(2)32-29)27-14-15-28(36-27)21-12-8-9-13-24(21)35-20-10-6-5-7-11-20/h5-18H,1-4H3,(H,30,31,32). The number of nitrogens with zero attached hydrogens (tertiary/aromatic N) is 2. The van der Waals surface area contributed by atoms with Crippen molar-refractivity contribution in [2.24, 2.45) is 0 Å². The fraction of sp³-hybridized carbons (Fsp3) is 0.172. The van der Waals surface area contributed by atoms with Gasteiger partial charge in [-0.25, -0.2) is 9.97 Å². The van der Waals surface area contributed by atoms with E-state index in [1.807, 2.05) is 67.6 Å². The highest BCUT2D eigenvalue weighted by molar-refractivity contribution is 7.15. The Hall–Kier alpha value is -4.10. The maximum absolute atomic E-state index is 6.18. The van der Waals surface area contributed by atoms with Crippen molar-refractivity contribution in [3.8, 4) is 33.4 Å². The van der Waals surface area contributed by atoms with E-state index in [4.69, 9.17) is 14.2 Å². The molecule has 1 atom stereocenters. The smallest absolute Gasteiger partial charge is 0.162 e. The Morgan fingerprint density at radius 2 is 1.53 bits per heavy atom. The first-order chi connectivity index (χ1) is 17.6. The number of rotatable bonds is 8. The van der Waals surface area contributed by atoms with E-state index in [0.29, 0.717) is 17.3 Å². The Kier molecular flexibility index (Phi) is 6.73. The second-order valence-corrected chi connectivity index (χ2v) is 9.44. The predicted octanol–water partition coefficient (Wildman–Crippen LogP) is 7.65. The van der Waals surface area contributed by atoms with Crippen LogP contribution in [-0.2, 0) is 0 Å². The largest absolute Gasteiger partial charge is 0.493 e. The quantitative estimate of drug-likeness (QED) is 0.237. The van der Waals surface area contributed by atoms with Gasteiger partial charge in [-0.1, -0.05) is 30.3 Å². The van der Waals surface area contributed by atoms with E-state index in [1.54, 1.807) is 25.6 Å². The van der Waals surface area contributed by atoms with Crippen LogP contribution < -0.4 is 19.5 Å². The highest BCUT2D eigenvalue weighted by atomic mass is 32.1. The summed E-state index contributed by atoms with van der Waals surface area (Å²) in [4.78, 5) is 11.6. The van der Waals surface area contributed by atoms with Crippen LogP contribution in [0, 0.1) is 6.92 Å². The topological polar surface area (TPSA) is 65.5 Å². The first kappa shape index (κ1) is 23.6. The molecule has 3 aromatic carbocycles. The van der Waals surface area contributed by atoms with Gasteiger partial charge in [-0.3, -0.25) is 0 Å². The van der Waals surface area contributed by atoms with E-state index >= 15 is 0 Å². The van der Waals surface area contributed by atoms with Gasteiger partial charge >= 0.3 is 0 Å². The number of nitrogens with one attached hydrogen (secondary N) is 1. The summed E-state index contributed by atoms with van der Waals surface area (Å²) in [5.41, 5.74) is 1.86. The Balaban J connectivity index is 1.43. The molecule has 1 N–H and O–H groups in total. The Morgan fingerprint density at radius 3 is 2.31 bits per heavy atom. The number of hydrogen-bond acceptors (Lipinski definition) is 7. The fourth-order valence-electron chi connectivity index (χ4n) is 4.06. The van der Waals surface area contributed by atoms with E-state index < -0.39 is 0 Å². The highest BCUT2D eigenvalue weighted by Gasteiger charge is 2.17. The molecule has 182 valence electrons. The van der Waals surface area contributed by atoms with Crippen LogP contribution >= 0.6 is 11.3 Å². The van der Waals surface area contributed by atoms with Crippen LogP contribution in [0.1, 0.15) is 23.7 Å². The van der Waals surface area contributed by atoms with Gasteiger partial charge in [-0.2, -0.15) is 0 Å². The number of para-hydroxylation sites is 2. The molecule has 1 unspecified atom stereocenters. The molecule has 0 aliphatic heterocycles. The molecule has 0 aliphatic carbocycles. The number of aromatic nitrogens is 2. The average molecular weight is 498 g/mol. The van der Waals surface area contributed by atoms with Gasteiger partial charge in [-0.15, -0.1) is 11.3 Å². The van der Waals surface area contributed by atoms with E-state index in [-0.39, 0.29) is 6.04 Å². The predicted molar refractivity (Wildman–Crippen MR) is 146 cm³/mol. The summed E-state index contributed by atoms with van der Waals surface area (Å²) in [6.07, 6.45) is 0. The lowest BCUT2D eigenvalue weighted by molar-refractivity contribution is 0.356. The van der Waals surface area contributed by atoms with Gasteiger partial charge in [0.05, 0.1) is 25.8 Å². The molecular formula is C29H27N3O3S. The third-order valence-corrected chi connectivity index (χ3v) is 7.14. The molecule has 6 nitrogen and oxygen atoms in total. The number of hydrogen-bond donors (Lipinski definition) is 1. The van der Waals surface area contributed by atoms with Crippen molar-refractivity contribution in [3.63, 3.8) is 0 Å². The lowest BCUT2D eigenvalue weighted by atomic mass is 10.1. The number of ether oxygens (including phenoxy) is 3. The molecule has 5 aromatic rings. The molecule has 0 radical (unpaired) electrons. The van der Waals surface area contributed by atoms with Gasteiger partial charge in [0.1, 0.15) is 23.1 Å². The van der Waals surface area contributed by atoms with E-state index in [0.717, 1.165) is 38.7 Å². The number of benzene rings is 3. The van der Waals surface area contributed by atoms with Crippen LogP contribution in [0.3, 0.4) is 0 Å². The molecule has 5 rings (SSSR count). The van der Waals surface area contributed by atoms with Crippen LogP contribution in [0.25, 0.3) is 21.3 Å². The van der Waals surface area contributed by atoms with Crippen LogP contribution in [0.15, 0.2) is 78.9 Å². The van der Waals surface area contributed by atoms with Gasteiger partial charge in [0.25, 0.3) is 0 Å². The lowest BCUT2D eigenvalue weighted by Gasteiger charge is -2.16. The SMILES string of the molecule is COc1cc2nc(C)nc(NC(C)c3ccc(-c4ccccc4Oc4ccccc4)s3)c2cc1OC. The second kappa shape index (κ2) is 10.3. The van der Waals surface area contributed by atoms with Crippen molar-refractivity contribution >= 4 is 28.1 Å². The Labute approximate surface area is 214 Å². The molecule has 2 heterocycles. The van der Waals surface area contributed by atoms with Crippen LogP contribution in [0.5, 0.6) is 23.0 Å². The summed E-state index contributed by atoms with van der Waals surface area (Å²) < 4.78 is 17.1. The number of anilines is 1. The van der Waals surface area contributed by atoms with Crippen molar-refractivity contribution in [2.75, 3.05) is 19.5 Å². The van der Waals surface area contributed by atoms with Crippen molar-refractivity contribution in [3.05, 3.63) is 89.6 Å². The monoisotopic (exact) mass is 497 g/mol. The third-order valence-electron chi connectivity index (χ3n) is 5.84. The zero-order valence-corrected chi connectivity index (χ0v) is 21.4. The summed E-state index contributed by atoms with van der Waals surface area (Å²) in [5.74, 6) is 4.37. The van der Waals surface area contributed by atoms with Gasteiger partial charge in [0.15, 0.2) is 11.5 Å². The minimum absolute atomic E-state index is 0.0246. The minimum Gasteiger partial charge on any atom is -0.493 e. The number of aryl methyl sites for hydroxylation is 1. The summed E-state index contributed by atoms with van der Waals surface area (Å²) >= 11 is 1.73. The average Bonchev–Trinajstić information content (AvgIpc) is 3.39. The summed E-state index contributed by atoms with van der Waals surface area (Å²) in [5, 5.41) is 4.46. The van der Waals surface area contributed by atoms with Crippen LogP contribution in [0.4, 0.5) is 5.82 Å². The molecule has 7 heteroatoms. The van der Waals surface area contributed by atoms with Crippen molar-refractivity contribution in [2.45, 2.75) is 19.9 Å². The molecular weight excluding hydrogens is 470 g/mol. The molecule has 0 spiro atoms. The molecule has 36 heavy (non-hydrogen) atoms. The molecule has 0 fully saturated rings. The van der Waals surface area contributed by atoms with Gasteiger partial charge in [0, 0.05) is 26.8 Å². The minimum atomic E-state index is 0.0246. The van der Waals surface area contributed by atoms with Crippen LogP contribution in [0.2, 0.25) is 0 Å². The highest BCUT2D eigenvalue weighted by Crippen LogP contribution is 2.40. The first-order valence-corrected chi connectivity index (χ1v) is 12.5. The van der Waals surface area contributed by atoms with Crippen molar-refractivity contribution in [1.29, 1.82) is 0 Å². The Morgan fingerprint density at radius 1 is 0.806 bits per heavy atom. The van der Waals surface area contributed by atoms with E-state index in [1.165, 1.54) is 4.88 Å². The lowest BCUT2D eigenvalue weighted by Crippen LogP contribution is -2.08. The number of fused-ring (bicyclic) bond motifs is 1. The molecule has 0 saturated heterocycles. The third kappa shape index (κ3) is 4.83. The van der Waals surface area contributed by atoms with E-state index in [9.17, 15) is 0 Å². The maximum atomic E-state index is 6.18. The summed E-state index contributed by atoms with van der Waals surface area (Å²) in [7, 11) is 3.25. The summed E-state index contributed by atoms with van der Waals surface area (Å²) in [6, 6.07) is 26.1. The molecule has 0 aliphatic rings. The van der Waals surface area contributed by atoms with Crippen molar-refractivity contribution in [1.82, 2.24) is 9.97 Å².